The number of hydrogen-bond donors (Lipinski definition) is 1. The van der Waals surface area contributed by atoms with Crippen molar-refractivity contribution in [3.8, 4) is 0 Å². The summed E-state index contributed by atoms with van der Waals surface area (Å²) in [5.41, 5.74) is 0.379. The Morgan fingerprint density at radius 3 is 2.62 bits per heavy atom. The minimum atomic E-state index is -0.538. The third-order valence-corrected chi connectivity index (χ3v) is 4.96. The summed E-state index contributed by atoms with van der Waals surface area (Å²) in [5.74, 6) is -0.636. The van der Waals surface area contributed by atoms with E-state index in [-0.39, 0.29) is 17.0 Å². The molecular weight excluding hydrogens is 291 g/mol. The fourth-order valence-corrected chi connectivity index (χ4v) is 3.76. The van der Waals surface area contributed by atoms with Gasteiger partial charge >= 0.3 is 0 Å². The molecule has 2 bridgehead atoms. The Labute approximate surface area is 129 Å². The maximum atomic E-state index is 13.6. The lowest BCUT2D eigenvalue weighted by Gasteiger charge is -2.37. The van der Waals surface area contributed by atoms with Crippen LogP contribution in [0.1, 0.15) is 43.0 Å². The van der Waals surface area contributed by atoms with E-state index in [1.165, 1.54) is 25.0 Å². The molecule has 21 heavy (non-hydrogen) atoms. The minimum absolute atomic E-state index is 0.0505. The summed E-state index contributed by atoms with van der Waals surface area (Å²) in [4.78, 5) is 14.6. The second-order valence-electron chi connectivity index (χ2n) is 5.98. The molecule has 2 heterocycles. The predicted molar refractivity (Wildman–Crippen MR) is 81.1 cm³/mol. The van der Waals surface area contributed by atoms with Crippen molar-refractivity contribution in [3.05, 3.63) is 34.6 Å². The number of piperidine rings is 1. The maximum Gasteiger partial charge on any atom is 0.254 e. The highest BCUT2D eigenvalue weighted by Crippen LogP contribution is 2.30. The molecule has 0 aromatic heterocycles. The Bertz CT molecular complexity index is 539. The predicted octanol–water partition coefficient (Wildman–Crippen LogP) is 3.22. The second-order valence-corrected chi connectivity index (χ2v) is 6.39. The van der Waals surface area contributed by atoms with Crippen molar-refractivity contribution in [1.82, 2.24) is 10.2 Å². The maximum absolute atomic E-state index is 13.6. The number of carbonyl (C=O) groups excluding carboxylic acids is 1. The number of hydrogen-bond acceptors (Lipinski definition) is 2. The number of halogens is 2. The first-order chi connectivity index (χ1) is 10.1. The van der Waals surface area contributed by atoms with Crippen molar-refractivity contribution < 1.29 is 9.18 Å². The molecule has 0 spiro atoms. The van der Waals surface area contributed by atoms with Crippen LogP contribution in [0.5, 0.6) is 0 Å². The zero-order valence-corrected chi connectivity index (χ0v) is 12.9. The van der Waals surface area contributed by atoms with Crippen molar-refractivity contribution in [2.24, 2.45) is 0 Å². The number of rotatable bonds is 3. The fraction of sp³-hybridized carbons (Fsp3) is 0.562. The molecule has 2 unspecified atom stereocenters. The normalized spacial score (nSPS) is 27.7. The zero-order valence-electron chi connectivity index (χ0n) is 12.1. The van der Waals surface area contributed by atoms with Gasteiger partial charge in [-0.1, -0.05) is 11.6 Å². The first-order valence-corrected chi connectivity index (χ1v) is 7.98. The van der Waals surface area contributed by atoms with Gasteiger partial charge in [0, 0.05) is 30.2 Å². The van der Waals surface area contributed by atoms with Crippen LogP contribution in [0.4, 0.5) is 4.39 Å². The summed E-state index contributed by atoms with van der Waals surface area (Å²) in [5, 5.41) is 3.63. The molecule has 0 saturated carbocycles. The van der Waals surface area contributed by atoms with E-state index in [2.05, 4.69) is 5.32 Å². The molecule has 3 rings (SSSR count). The summed E-state index contributed by atoms with van der Waals surface area (Å²) in [6.45, 7) is 2.63. The minimum Gasteiger partial charge on any atom is -0.336 e. The summed E-state index contributed by atoms with van der Waals surface area (Å²) >= 11 is 5.69. The highest BCUT2D eigenvalue weighted by Gasteiger charge is 2.37. The largest absolute Gasteiger partial charge is 0.336 e. The van der Waals surface area contributed by atoms with Gasteiger partial charge in [-0.15, -0.1) is 0 Å². The van der Waals surface area contributed by atoms with E-state index in [0.29, 0.717) is 24.2 Å². The van der Waals surface area contributed by atoms with Gasteiger partial charge in [0.25, 0.3) is 5.91 Å². The van der Waals surface area contributed by atoms with Gasteiger partial charge in [0.15, 0.2) is 0 Å². The van der Waals surface area contributed by atoms with Crippen LogP contribution in [0, 0.1) is 5.82 Å². The van der Waals surface area contributed by atoms with E-state index in [0.717, 1.165) is 12.8 Å². The standard InChI is InChI=1S/C16H20ClFN2O/c1-2-20(13-8-11-4-5-12(9-13)19-11)16(21)10-3-6-14(17)15(18)7-10/h3,6-7,11-13,19H,2,4-5,8-9H2,1H3. The molecule has 1 N–H and O–H groups in total. The van der Waals surface area contributed by atoms with Gasteiger partial charge in [-0.25, -0.2) is 4.39 Å². The number of benzene rings is 1. The number of amides is 1. The summed E-state index contributed by atoms with van der Waals surface area (Å²) < 4.78 is 13.6. The quantitative estimate of drug-likeness (QED) is 0.929. The highest BCUT2D eigenvalue weighted by atomic mass is 35.5. The Kier molecular flexibility index (Phi) is 4.18. The Balaban J connectivity index is 1.79. The van der Waals surface area contributed by atoms with E-state index >= 15 is 0 Å². The first-order valence-electron chi connectivity index (χ1n) is 7.60. The fourth-order valence-electron chi connectivity index (χ4n) is 3.64. The average Bonchev–Trinajstić information content (AvgIpc) is 2.81. The molecule has 114 valence electrons. The smallest absolute Gasteiger partial charge is 0.254 e. The van der Waals surface area contributed by atoms with E-state index in [1.54, 1.807) is 6.07 Å². The molecule has 2 atom stereocenters. The molecule has 2 fully saturated rings. The zero-order chi connectivity index (χ0) is 15.0. The monoisotopic (exact) mass is 310 g/mol. The molecule has 5 heteroatoms. The van der Waals surface area contributed by atoms with Crippen molar-refractivity contribution in [2.75, 3.05) is 6.54 Å². The third kappa shape index (κ3) is 2.92. The summed E-state index contributed by atoms with van der Waals surface area (Å²) in [6.07, 6.45) is 4.38. The van der Waals surface area contributed by atoms with Crippen LogP contribution in [0.2, 0.25) is 5.02 Å². The molecular formula is C16H20ClFN2O. The number of nitrogens with one attached hydrogen (secondary N) is 1. The highest BCUT2D eigenvalue weighted by molar-refractivity contribution is 6.30. The van der Waals surface area contributed by atoms with Gasteiger partial charge in [0.1, 0.15) is 5.82 Å². The Hall–Kier alpha value is -1.13. The SMILES string of the molecule is CCN(C(=O)c1ccc(Cl)c(F)c1)C1CC2CCC(C1)N2. The van der Waals surface area contributed by atoms with E-state index in [1.807, 2.05) is 11.8 Å². The molecule has 2 saturated heterocycles. The second kappa shape index (κ2) is 5.93. The van der Waals surface area contributed by atoms with Gasteiger partial charge < -0.3 is 10.2 Å². The van der Waals surface area contributed by atoms with Gasteiger partial charge in [-0.2, -0.15) is 0 Å². The summed E-state index contributed by atoms with van der Waals surface area (Å²) in [6, 6.07) is 5.59. The molecule has 2 aliphatic heterocycles. The molecule has 1 aromatic rings. The van der Waals surface area contributed by atoms with E-state index in [9.17, 15) is 9.18 Å². The topological polar surface area (TPSA) is 32.3 Å². The van der Waals surface area contributed by atoms with E-state index < -0.39 is 5.82 Å². The van der Waals surface area contributed by atoms with Gasteiger partial charge in [-0.05, 0) is 50.8 Å². The van der Waals surface area contributed by atoms with Crippen LogP contribution in [0.3, 0.4) is 0 Å². The van der Waals surface area contributed by atoms with Crippen LogP contribution < -0.4 is 5.32 Å². The molecule has 1 aromatic carbocycles. The molecule has 3 nitrogen and oxygen atoms in total. The van der Waals surface area contributed by atoms with Gasteiger partial charge in [0.05, 0.1) is 5.02 Å². The van der Waals surface area contributed by atoms with Crippen molar-refractivity contribution in [3.63, 3.8) is 0 Å². The van der Waals surface area contributed by atoms with Gasteiger partial charge in [-0.3, -0.25) is 4.79 Å². The van der Waals surface area contributed by atoms with Crippen LogP contribution in [-0.4, -0.2) is 35.5 Å². The molecule has 1 amide bonds. The Morgan fingerprint density at radius 1 is 1.38 bits per heavy atom. The van der Waals surface area contributed by atoms with Crippen LogP contribution >= 0.6 is 11.6 Å². The lowest BCUT2D eigenvalue weighted by atomic mass is 9.97. The van der Waals surface area contributed by atoms with Crippen LogP contribution in [0.25, 0.3) is 0 Å². The van der Waals surface area contributed by atoms with Crippen molar-refractivity contribution in [2.45, 2.75) is 50.7 Å². The first kappa shape index (κ1) is 14.8. The van der Waals surface area contributed by atoms with Crippen LogP contribution in [-0.2, 0) is 0 Å². The lowest BCUT2D eigenvalue weighted by molar-refractivity contribution is 0.0630. The Morgan fingerprint density at radius 2 is 2.05 bits per heavy atom. The number of carbonyl (C=O) groups is 1. The molecule has 0 aliphatic carbocycles. The lowest BCUT2D eigenvalue weighted by Crippen LogP contribution is -2.50. The van der Waals surface area contributed by atoms with Crippen molar-refractivity contribution in [1.29, 1.82) is 0 Å². The number of fused-ring (bicyclic) bond motifs is 2. The third-order valence-electron chi connectivity index (χ3n) is 4.66. The summed E-state index contributed by atoms with van der Waals surface area (Å²) in [7, 11) is 0. The van der Waals surface area contributed by atoms with Crippen LogP contribution in [0.15, 0.2) is 18.2 Å². The molecule has 2 aliphatic rings. The number of nitrogens with zero attached hydrogens (tertiary/aromatic N) is 1. The molecule has 0 radical (unpaired) electrons. The van der Waals surface area contributed by atoms with E-state index in [4.69, 9.17) is 11.6 Å². The average molecular weight is 311 g/mol. The van der Waals surface area contributed by atoms with Gasteiger partial charge in [0.2, 0.25) is 0 Å². The van der Waals surface area contributed by atoms with Crippen molar-refractivity contribution >= 4 is 17.5 Å².